The van der Waals surface area contributed by atoms with Crippen LogP contribution in [0.15, 0.2) is 42.5 Å². The molecule has 25 heavy (non-hydrogen) atoms. The van der Waals surface area contributed by atoms with E-state index >= 15 is 0 Å². The highest BCUT2D eigenvalue weighted by Gasteiger charge is 2.19. The van der Waals surface area contributed by atoms with Gasteiger partial charge in [-0.3, -0.25) is 4.90 Å². The molecule has 2 aromatic carbocycles. The van der Waals surface area contributed by atoms with Crippen molar-refractivity contribution in [2.45, 2.75) is 6.54 Å². The summed E-state index contributed by atoms with van der Waals surface area (Å²) in [5.41, 5.74) is 2.01. The predicted molar refractivity (Wildman–Crippen MR) is 111 cm³/mol. The van der Waals surface area contributed by atoms with Crippen molar-refractivity contribution in [1.29, 1.82) is 0 Å². The maximum atomic E-state index is 6.19. The SMILES string of the molecule is S=C(Nc1ccc(Cl)cc1Cl)N1CCN(Cc2cccc(Cl)c2)CC1. The first-order chi connectivity index (χ1) is 12.0. The maximum Gasteiger partial charge on any atom is 0.173 e. The van der Waals surface area contributed by atoms with Gasteiger partial charge in [0.15, 0.2) is 5.11 Å². The quantitative estimate of drug-likeness (QED) is 0.699. The van der Waals surface area contributed by atoms with Gasteiger partial charge in [-0.05, 0) is 48.1 Å². The fourth-order valence-corrected chi connectivity index (χ4v) is 3.75. The number of nitrogens with one attached hydrogen (secondary N) is 1. The standard InChI is InChI=1S/C18H18Cl3N3S/c19-14-3-1-2-13(10-14)12-23-6-8-24(9-7-23)18(25)22-17-5-4-15(20)11-16(17)21/h1-5,10-11H,6-9,12H2,(H,22,25). The van der Waals surface area contributed by atoms with Gasteiger partial charge in [0.05, 0.1) is 10.7 Å². The second-order valence-electron chi connectivity index (χ2n) is 5.95. The molecule has 0 spiro atoms. The molecule has 0 atom stereocenters. The number of benzene rings is 2. The van der Waals surface area contributed by atoms with Gasteiger partial charge in [0.1, 0.15) is 0 Å². The van der Waals surface area contributed by atoms with Gasteiger partial charge < -0.3 is 10.2 Å². The lowest BCUT2D eigenvalue weighted by Gasteiger charge is -2.36. The molecule has 132 valence electrons. The normalized spacial score (nSPS) is 15.2. The fraction of sp³-hybridized carbons (Fsp3) is 0.278. The summed E-state index contributed by atoms with van der Waals surface area (Å²) in [5, 5.41) is 5.85. The van der Waals surface area contributed by atoms with Crippen LogP contribution in [0.4, 0.5) is 5.69 Å². The summed E-state index contributed by atoms with van der Waals surface area (Å²) >= 11 is 23.7. The van der Waals surface area contributed by atoms with Crippen LogP contribution in [0.1, 0.15) is 5.56 Å². The third-order valence-electron chi connectivity index (χ3n) is 4.13. The zero-order valence-electron chi connectivity index (χ0n) is 13.5. The van der Waals surface area contributed by atoms with Crippen LogP contribution in [0.2, 0.25) is 15.1 Å². The van der Waals surface area contributed by atoms with Crippen LogP contribution in [-0.4, -0.2) is 41.1 Å². The summed E-state index contributed by atoms with van der Waals surface area (Å²) in [6.45, 7) is 4.54. The van der Waals surface area contributed by atoms with Crippen molar-refractivity contribution in [2.24, 2.45) is 0 Å². The van der Waals surface area contributed by atoms with E-state index in [0.29, 0.717) is 15.2 Å². The lowest BCUT2D eigenvalue weighted by Crippen LogP contribution is -2.49. The zero-order valence-corrected chi connectivity index (χ0v) is 16.6. The van der Waals surface area contributed by atoms with E-state index in [-0.39, 0.29) is 0 Å². The van der Waals surface area contributed by atoms with Crippen LogP contribution in [-0.2, 0) is 6.54 Å². The highest BCUT2D eigenvalue weighted by Crippen LogP contribution is 2.25. The molecule has 0 bridgehead atoms. The Balaban J connectivity index is 1.52. The molecule has 3 nitrogen and oxygen atoms in total. The Morgan fingerprint density at radius 2 is 1.68 bits per heavy atom. The second-order valence-corrected chi connectivity index (χ2v) is 7.61. The number of piperazine rings is 1. The molecule has 0 amide bonds. The molecule has 1 heterocycles. The van der Waals surface area contributed by atoms with E-state index in [9.17, 15) is 0 Å². The van der Waals surface area contributed by atoms with E-state index in [4.69, 9.17) is 47.0 Å². The zero-order chi connectivity index (χ0) is 17.8. The van der Waals surface area contributed by atoms with Gasteiger partial charge in [0.25, 0.3) is 0 Å². The minimum Gasteiger partial charge on any atom is -0.346 e. The number of hydrogen-bond acceptors (Lipinski definition) is 2. The molecule has 0 aliphatic carbocycles. The second kappa shape index (κ2) is 8.56. The van der Waals surface area contributed by atoms with Crippen molar-refractivity contribution in [3.8, 4) is 0 Å². The molecule has 2 aromatic rings. The van der Waals surface area contributed by atoms with Crippen LogP contribution < -0.4 is 5.32 Å². The summed E-state index contributed by atoms with van der Waals surface area (Å²) in [6.07, 6.45) is 0. The van der Waals surface area contributed by atoms with Gasteiger partial charge in [-0.2, -0.15) is 0 Å². The number of nitrogens with zero attached hydrogens (tertiary/aromatic N) is 2. The first-order valence-corrected chi connectivity index (χ1v) is 9.53. The predicted octanol–water partition coefficient (Wildman–Crippen LogP) is 5.16. The molecule has 1 N–H and O–H groups in total. The lowest BCUT2D eigenvalue weighted by atomic mass is 10.2. The van der Waals surface area contributed by atoms with Crippen LogP contribution in [0, 0.1) is 0 Å². The van der Waals surface area contributed by atoms with E-state index < -0.39 is 0 Å². The fourth-order valence-electron chi connectivity index (χ4n) is 2.79. The maximum absolute atomic E-state index is 6.19. The van der Waals surface area contributed by atoms with Crippen molar-refractivity contribution >= 4 is 57.8 Å². The molecule has 1 fully saturated rings. The number of rotatable bonds is 3. The smallest absolute Gasteiger partial charge is 0.173 e. The molecular weight excluding hydrogens is 397 g/mol. The average molecular weight is 415 g/mol. The Labute approximate surface area is 168 Å². The van der Waals surface area contributed by atoms with Gasteiger partial charge in [-0.25, -0.2) is 0 Å². The van der Waals surface area contributed by atoms with E-state index in [1.165, 1.54) is 5.56 Å². The molecule has 3 rings (SSSR count). The third-order valence-corrected chi connectivity index (χ3v) is 5.27. The molecule has 0 unspecified atom stereocenters. The van der Waals surface area contributed by atoms with Gasteiger partial charge in [0, 0.05) is 42.8 Å². The first kappa shape index (κ1) is 18.7. The van der Waals surface area contributed by atoms with Crippen molar-refractivity contribution < 1.29 is 0 Å². The molecule has 1 aliphatic heterocycles. The number of thiocarbonyl (C=S) groups is 1. The Bertz CT molecular complexity index is 761. The molecule has 1 aliphatic rings. The van der Waals surface area contributed by atoms with Crippen molar-refractivity contribution in [3.63, 3.8) is 0 Å². The highest BCUT2D eigenvalue weighted by atomic mass is 35.5. The van der Waals surface area contributed by atoms with Crippen molar-refractivity contribution in [3.05, 3.63) is 63.1 Å². The van der Waals surface area contributed by atoms with Crippen molar-refractivity contribution in [1.82, 2.24) is 9.80 Å². The van der Waals surface area contributed by atoms with Gasteiger partial charge >= 0.3 is 0 Å². The molecule has 1 saturated heterocycles. The molecular formula is C18H18Cl3N3S. The van der Waals surface area contributed by atoms with Crippen LogP contribution in [0.5, 0.6) is 0 Å². The number of hydrogen-bond donors (Lipinski definition) is 1. The number of anilines is 1. The largest absolute Gasteiger partial charge is 0.346 e. The summed E-state index contributed by atoms with van der Waals surface area (Å²) < 4.78 is 0. The molecule has 0 saturated carbocycles. The van der Waals surface area contributed by atoms with Crippen molar-refractivity contribution in [2.75, 3.05) is 31.5 Å². The van der Waals surface area contributed by atoms with Crippen LogP contribution >= 0.6 is 47.0 Å². The first-order valence-electron chi connectivity index (χ1n) is 7.99. The molecule has 0 radical (unpaired) electrons. The van der Waals surface area contributed by atoms with Crippen LogP contribution in [0.25, 0.3) is 0 Å². The number of halogens is 3. The molecule has 7 heteroatoms. The Hall–Kier alpha value is -1.04. The summed E-state index contributed by atoms with van der Waals surface area (Å²) in [7, 11) is 0. The minimum atomic E-state index is 0.564. The van der Waals surface area contributed by atoms with E-state index in [0.717, 1.165) is 43.4 Å². The Morgan fingerprint density at radius 3 is 2.36 bits per heavy atom. The van der Waals surface area contributed by atoms with E-state index in [1.54, 1.807) is 12.1 Å². The Morgan fingerprint density at radius 1 is 0.960 bits per heavy atom. The highest BCUT2D eigenvalue weighted by molar-refractivity contribution is 7.80. The van der Waals surface area contributed by atoms with Gasteiger partial charge in [-0.15, -0.1) is 0 Å². The van der Waals surface area contributed by atoms with E-state index in [1.807, 2.05) is 24.3 Å². The van der Waals surface area contributed by atoms with Gasteiger partial charge in [-0.1, -0.05) is 46.9 Å². The average Bonchev–Trinajstić information content (AvgIpc) is 2.58. The molecule has 0 aromatic heterocycles. The summed E-state index contributed by atoms with van der Waals surface area (Å²) in [6, 6.07) is 13.3. The van der Waals surface area contributed by atoms with Gasteiger partial charge in [0.2, 0.25) is 0 Å². The summed E-state index contributed by atoms with van der Waals surface area (Å²) in [4.78, 5) is 4.56. The topological polar surface area (TPSA) is 18.5 Å². The third kappa shape index (κ3) is 5.22. The summed E-state index contributed by atoms with van der Waals surface area (Å²) in [5.74, 6) is 0. The Kier molecular flexibility index (Phi) is 6.42. The van der Waals surface area contributed by atoms with Crippen LogP contribution in [0.3, 0.4) is 0 Å². The lowest BCUT2D eigenvalue weighted by molar-refractivity contribution is 0.177. The minimum absolute atomic E-state index is 0.564. The monoisotopic (exact) mass is 413 g/mol. The van der Waals surface area contributed by atoms with E-state index in [2.05, 4.69) is 21.2 Å².